The summed E-state index contributed by atoms with van der Waals surface area (Å²) in [6.45, 7) is 5.93. The summed E-state index contributed by atoms with van der Waals surface area (Å²) >= 11 is 0. The highest BCUT2D eigenvalue weighted by atomic mass is 16.5. The lowest BCUT2D eigenvalue weighted by Crippen LogP contribution is -2.29. The molecule has 0 radical (unpaired) electrons. The molecule has 0 aliphatic carbocycles. The number of carbonyl (C=O) groups is 1. The number of carbonyl (C=O) groups excluding carboxylic acids is 1. The fourth-order valence-electron chi connectivity index (χ4n) is 2.96. The molecule has 3 rings (SSSR count). The zero-order chi connectivity index (χ0) is 21.7. The average Bonchev–Trinajstić information content (AvgIpc) is 2.69. The van der Waals surface area contributed by atoms with Crippen LogP contribution in [0.2, 0.25) is 0 Å². The van der Waals surface area contributed by atoms with Gasteiger partial charge in [-0.15, -0.1) is 0 Å². The molecule has 0 saturated heterocycles. The standard InChI is InChI=1S/C22H24N4O4/c1-13-4-5-14(2)18(10-13)30-20-9-6-16(12-24-20)11-23-19(27)8-7-17-15(3)25-22(29)26-21(17)28/h4-6,9-10,12H,7-8,11H2,1-3H3,(H,23,27)(H2,25,26,28,29). The smallest absolute Gasteiger partial charge is 0.325 e. The molecule has 8 nitrogen and oxygen atoms in total. The first kappa shape index (κ1) is 21.0. The first-order chi connectivity index (χ1) is 14.3. The number of benzene rings is 1. The lowest BCUT2D eigenvalue weighted by atomic mass is 10.1. The van der Waals surface area contributed by atoms with Crippen molar-refractivity contribution in [2.45, 2.75) is 40.2 Å². The molecular weight excluding hydrogens is 384 g/mol. The summed E-state index contributed by atoms with van der Waals surface area (Å²) in [5, 5.41) is 2.80. The number of hydrogen-bond acceptors (Lipinski definition) is 5. The molecular formula is C22H24N4O4. The van der Waals surface area contributed by atoms with Crippen molar-refractivity contribution in [2.24, 2.45) is 0 Å². The molecule has 1 amide bonds. The third-order valence-corrected chi connectivity index (χ3v) is 4.70. The van der Waals surface area contributed by atoms with Gasteiger partial charge in [0.1, 0.15) is 5.75 Å². The average molecular weight is 408 g/mol. The van der Waals surface area contributed by atoms with Crippen molar-refractivity contribution >= 4 is 5.91 Å². The molecule has 1 aromatic carbocycles. The number of hydrogen-bond donors (Lipinski definition) is 3. The number of aryl methyl sites for hydroxylation is 3. The number of pyridine rings is 1. The fraction of sp³-hybridized carbons (Fsp3) is 0.273. The van der Waals surface area contributed by atoms with Crippen LogP contribution in [0.3, 0.4) is 0 Å². The van der Waals surface area contributed by atoms with Gasteiger partial charge in [0, 0.05) is 36.5 Å². The van der Waals surface area contributed by atoms with Gasteiger partial charge in [-0.3, -0.25) is 14.6 Å². The molecule has 0 saturated carbocycles. The maximum absolute atomic E-state index is 12.1. The molecule has 0 spiro atoms. The minimum absolute atomic E-state index is 0.136. The number of H-pyrrole nitrogens is 2. The van der Waals surface area contributed by atoms with E-state index in [2.05, 4.69) is 20.3 Å². The van der Waals surface area contributed by atoms with E-state index in [1.54, 1.807) is 19.2 Å². The molecule has 0 aliphatic rings. The van der Waals surface area contributed by atoms with Gasteiger partial charge in [0.2, 0.25) is 11.8 Å². The van der Waals surface area contributed by atoms with Gasteiger partial charge in [-0.05, 0) is 49.9 Å². The molecule has 3 N–H and O–H groups in total. The Morgan fingerprint density at radius 1 is 1.10 bits per heavy atom. The number of aromatic nitrogens is 3. The van der Waals surface area contributed by atoms with Crippen LogP contribution >= 0.6 is 0 Å². The summed E-state index contributed by atoms with van der Waals surface area (Å²) in [7, 11) is 0. The normalized spacial score (nSPS) is 10.6. The lowest BCUT2D eigenvalue weighted by molar-refractivity contribution is -0.121. The molecule has 156 valence electrons. The summed E-state index contributed by atoms with van der Waals surface area (Å²) in [5.74, 6) is 1.04. The van der Waals surface area contributed by atoms with E-state index in [0.717, 1.165) is 22.4 Å². The molecule has 8 heteroatoms. The van der Waals surface area contributed by atoms with Crippen molar-refractivity contribution in [2.75, 3.05) is 0 Å². The van der Waals surface area contributed by atoms with E-state index in [9.17, 15) is 14.4 Å². The van der Waals surface area contributed by atoms with Crippen LogP contribution in [0, 0.1) is 20.8 Å². The molecule has 0 bridgehead atoms. The van der Waals surface area contributed by atoms with Gasteiger partial charge >= 0.3 is 5.69 Å². The van der Waals surface area contributed by atoms with E-state index in [1.807, 2.05) is 38.1 Å². The molecule has 30 heavy (non-hydrogen) atoms. The topological polar surface area (TPSA) is 117 Å². The number of nitrogens with one attached hydrogen (secondary N) is 3. The Morgan fingerprint density at radius 3 is 2.60 bits per heavy atom. The van der Waals surface area contributed by atoms with Gasteiger partial charge < -0.3 is 15.0 Å². The molecule has 0 unspecified atom stereocenters. The monoisotopic (exact) mass is 408 g/mol. The molecule has 0 aliphatic heterocycles. The highest BCUT2D eigenvalue weighted by molar-refractivity contribution is 5.76. The Bertz CT molecular complexity index is 1160. The van der Waals surface area contributed by atoms with E-state index >= 15 is 0 Å². The third-order valence-electron chi connectivity index (χ3n) is 4.70. The number of rotatable bonds is 7. The second kappa shape index (κ2) is 9.21. The largest absolute Gasteiger partial charge is 0.439 e. The van der Waals surface area contributed by atoms with Gasteiger partial charge in [0.05, 0.1) is 0 Å². The van der Waals surface area contributed by atoms with Gasteiger partial charge in [-0.25, -0.2) is 9.78 Å². The van der Waals surface area contributed by atoms with Gasteiger partial charge in [-0.1, -0.05) is 18.2 Å². The zero-order valence-corrected chi connectivity index (χ0v) is 17.2. The maximum atomic E-state index is 12.1. The minimum Gasteiger partial charge on any atom is -0.439 e. The number of aromatic amines is 2. The summed E-state index contributed by atoms with van der Waals surface area (Å²) in [4.78, 5) is 44.2. The van der Waals surface area contributed by atoms with Gasteiger partial charge in [0.25, 0.3) is 5.56 Å². The van der Waals surface area contributed by atoms with Crippen LogP contribution in [0.4, 0.5) is 0 Å². The summed E-state index contributed by atoms with van der Waals surface area (Å²) in [6, 6.07) is 9.57. The third kappa shape index (κ3) is 5.44. The van der Waals surface area contributed by atoms with Gasteiger partial charge in [-0.2, -0.15) is 0 Å². The minimum atomic E-state index is -0.553. The van der Waals surface area contributed by atoms with E-state index in [0.29, 0.717) is 23.7 Å². The number of amides is 1. The van der Waals surface area contributed by atoms with Crippen LogP contribution in [-0.4, -0.2) is 20.9 Å². The van der Waals surface area contributed by atoms with Crippen LogP contribution in [-0.2, 0) is 17.8 Å². The molecule has 0 atom stereocenters. The van der Waals surface area contributed by atoms with Crippen LogP contribution in [0.1, 0.15) is 34.4 Å². The van der Waals surface area contributed by atoms with Crippen LogP contribution in [0.5, 0.6) is 11.6 Å². The summed E-state index contributed by atoms with van der Waals surface area (Å²) in [5.41, 5.74) is 2.81. The molecule has 0 fully saturated rings. The van der Waals surface area contributed by atoms with Crippen molar-refractivity contribution < 1.29 is 9.53 Å². The van der Waals surface area contributed by atoms with E-state index in [4.69, 9.17) is 4.74 Å². The Morgan fingerprint density at radius 2 is 1.90 bits per heavy atom. The second-order valence-corrected chi connectivity index (χ2v) is 7.16. The van der Waals surface area contributed by atoms with Crippen LogP contribution in [0.25, 0.3) is 0 Å². The predicted octanol–water partition coefficient (Wildman–Crippen LogP) is 2.42. The van der Waals surface area contributed by atoms with Crippen molar-refractivity contribution in [1.29, 1.82) is 0 Å². The lowest BCUT2D eigenvalue weighted by Gasteiger charge is -2.10. The molecule has 2 heterocycles. The van der Waals surface area contributed by atoms with Crippen molar-refractivity contribution in [3.05, 3.63) is 85.3 Å². The van der Waals surface area contributed by atoms with Crippen LogP contribution < -0.4 is 21.3 Å². The fourth-order valence-corrected chi connectivity index (χ4v) is 2.96. The number of nitrogens with zero attached hydrogens (tertiary/aromatic N) is 1. The second-order valence-electron chi connectivity index (χ2n) is 7.16. The van der Waals surface area contributed by atoms with Crippen molar-refractivity contribution in [3.8, 4) is 11.6 Å². The SMILES string of the molecule is Cc1ccc(C)c(Oc2ccc(CNC(=O)CCc3c(C)[nH]c(=O)[nH]c3=O)cn2)c1. The van der Waals surface area contributed by atoms with Crippen LogP contribution in [0.15, 0.2) is 46.1 Å². The first-order valence-electron chi connectivity index (χ1n) is 9.60. The molecule has 2 aromatic heterocycles. The van der Waals surface area contributed by atoms with Gasteiger partial charge in [0.15, 0.2) is 0 Å². The van der Waals surface area contributed by atoms with E-state index in [-0.39, 0.29) is 18.7 Å². The summed E-state index contributed by atoms with van der Waals surface area (Å²) in [6.07, 6.45) is 2.03. The first-order valence-corrected chi connectivity index (χ1v) is 9.60. The van der Waals surface area contributed by atoms with E-state index in [1.165, 1.54) is 0 Å². The zero-order valence-electron chi connectivity index (χ0n) is 17.2. The summed E-state index contributed by atoms with van der Waals surface area (Å²) < 4.78 is 5.83. The molecule has 3 aromatic rings. The van der Waals surface area contributed by atoms with Crippen molar-refractivity contribution in [3.63, 3.8) is 0 Å². The predicted molar refractivity (Wildman–Crippen MR) is 113 cm³/mol. The Kier molecular flexibility index (Phi) is 6.46. The highest BCUT2D eigenvalue weighted by Crippen LogP contribution is 2.24. The van der Waals surface area contributed by atoms with E-state index < -0.39 is 11.2 Å². The number of ether oxygens (including phenoxy) is 1. The Labute approximate surface area is 173 Å². The van der Waals surface area contributed by atoms with Crippen molar-refractivity contribution in [1.82, 2.24) is 20.3 Å². The maximum Gasteiger partial charge on any atom is 0.325 e. The quantitative estimate of drug-likeness (QED) is 0.555. The Hall–Kier alpha value is -3.68. The Balaban J connectivity index is 1.52. The highest BCUT2D eigenvalue weighted by Gasteiger charge is 2.09.